The molecular weight excluding hydrogens is 703 g/mol. The SMILES string of the molecule is CCCc1nc2c(C)cc(C#C[C@@H](C)O)nc2n1[C@H]1CCc2cc(-c3ccccc3-c3nnnn3C(c3ccccc3)(c3ccccc3)c3ccccc3)ccc21. The van der Waals surface area contributed by atoms with Crippen LogP contribution in [0.4, 0.5) is 0 Å². The van der Waals surface area contributed by atoms with E-state index in [4.69, 9.17) is 20.3 Å². The maximum absolute atomic E-state index is 9.84. The first-order chi connectivity index (χ1) is 28.0. The second-order valence-corrected chi connectivity index (χ2v) is 14.8. The van der Waals surface area contributed by atoms with Crippen LogP contribution in [0, 0.1) is 18.8 Å². The number of nitrogens with zero attached hydrogens (tertiary/aromatic N) is 7. The number of pyridine rings is 1. The largest absolute Gasteiger partial charge is 0.381 e. The predicted octanol–water partition coefficient (Wildman–Crippen LogP) is 9.12. The van der Waals surface area contributed by atoms with Crippen LogP contribution in [0.3, 0.4) is 0 Å². The van der Waals surface area contributed by atoms with Crippen molar-refractivity contribution in [3.8, 4) is 34.4 Å². The Morgan fingerprint density at radius 3 is 2.05 bits per heavy atom. The monoisotopic (exact) mass is 745 g/mol. The Hall–Kier alpha value is -6.69. The molecule has 0 aliphatic heterocycles. The molecule has 8 nitrogen and oxygen atoms in total. The fourth-order valence-electron chi connectivity index (χ4n) is 8.68. The molecule has 2 atom stereocenters. The van der Waals surface area contributed by atoms with Crippen LogP contribution in [0.15, 0.2) is 140 Å². The summed E-state index contributed by atoms with van der Waals surface area (Å²) in [6.07, 6.45) is 2.98. The molecule has 8 aromatic rings. The highest BCUT2D eigenvalue weighted by Gasteiger charge is 2.42. The third-order valence-corrected chi connectivity index (χ3v) is 11.1. The highest BCUT2D eigenvalue weighted by molar-refractivity contribution is 5.82. The van der Waals surface area contributed by atoms with Gasteiger partial charge in [0.25, 0.3) is 0 Å². The summed E-state index contributed by atoms with van der Waals surface area (Å²) in [6, 6.07) is 48.9. The molecule has 9 rings (SSSR count). The average molecular weight is 746 g/mol. The Kier molecular flexibility index (Phi) is 9.53. The Balaban J connectivity index is 1.17. The number of aliphatic hydroxyl groups is 1. The van der Waals surface area contributed by atoms with E-state index in [2.05, 4.69) is 151 Å². The number of aryl methyl sites for hydroxylation is 3. The van der Waals surface area contributed by atoms with Crippen LogP contribution in [0.5, 0.6) is 0 Å². The van der Waals surface area contributed by atoms with Crippen LogP contribution >= 0.6 is 0 Å². The lowest BCUT2D eigenvalue weighted by Gasteiger charge is -2.36. The first-order valence-electron chi connectivity index (χ1n) is 19.7. The first kappa shape index (κ1) is 36.0. The second kappa shape index (κ2) is 15.1. The summed E-state index contributed by atoms with van der Waals surface area (Å²) in [7, 11) is 0. The summed E-state index contributed by atoms with van der Waals surface area (Å²) in [6.45, 7) is 5.92. The van der Waals surface area contributed by atoms with Gasteiger partial charge in [-0.1, -0.05) is 146 Å². The minimum Gasteiger partial charge on any atom is -0.381 e. The third-order valence-electron chi connectivity index (χ3n) is 11.1. The van der Waals surface area contributed by atoms with Gasteiger partial charge in [-0.2, -0.15) is 0 Å². The van der Waals surface area contributed by atoms with Crippen molar-refractivity contribution in [1.29, 1.82) is 0 Å². The van der Waals surface area contributed by atoms with Crippen molar-refractivity contribution in [3.05, 3.63) is 184 Å². The smallest absolute Gasteiger partial charge is 0.184 e. The van der Waals surface area contributed by atoms with Crippen molar-refractivity contribution in [2.75, 3.05) is 0 Å². The number of hydrogen-bond donors (Lipinski definition) is 1. The lowest BCUT2D eigenvalue weighted by molar-refractivity contribution is 0.253. The molecule has 0 amide bonds. The molecule has 5 aromatic carbocycles. The van der Waals surface area contributed by atoms with Gasteiger partial charge in [0, 0.05) is 12.0 Å². The van der Waals surface area contributed by atoms with E-state index >= 15 is 0 Å². The Bertz CT molecular complexity index is 2660. The molecule has 0 spiro atoms. The number of benzene rings is 5. The minimum absolute atomic E-state index is 0.0956. The standard InChI is InChI=1S/C49H43N7O/c1-4-16-45-51-46-33(2)31-40(28-25-34(3)57)50-48(46)55(45)44-30-27-36-32-35(26-29-42(36)44)41-23-14-15-24-43(41)47-52-53-54-56(47)49(37-17-8-5-9-18-37,38-19-10-6-11-20-38)39-21-12-7-13-22-39/h5-15,17-24,26,29,31-32,34,44,57H,4,16,27,30H2,1-3H3/t34-,44+/m1/s1. The summed E-state index contributed by atoms with van der Waals surface area (Å²) in [4.78, 5) is 10.2. The molecule has 3 aromatic heterocycles. The molecule has 280 valence electrons. The van der Waals surface area contributed by atoms with Gasteiger partial charge in [0.05, 0.1) is 6.04 Å². The van der Waals surface area contributed by atoms with Gasteiger partial charge >= 0.3 is 0 Å². The highest BCUT2D eigenvalue weighted by Crippen LogP contribution is 2.45. The van der Waals surface area contributed by atoms with Crippen LogP contribution in [0.2, 0.25) is 0 Å². The number of aliphatic hydroxyl groups excluding tert-OH is 1. The van der Waals surface area contributed by atoms with Crippen molar-refractivity contribution in [3.63, 3.8) is 0 Å². The molecular formula is C49H43N7O. The average Bonchev–Trinajstić information content (AvgIpc) is 3.99. The Labute approximate surface area is 332 Å². The Morgan fingerprint density at radius 2 is 1.42 bits per heavy atom. The van der Waals surface area contributed by atoms with E-state index in [9.17, 15) is 5.11 Å². The van der Waals surface area contributed by atoms with Gasteiger partial charge in [0.1, 0.15) is 28.7 Å². The summed E-state index contributed by atoms with van der Waals surface area (Å²) in [5.41, 5.74) is 11.5. The normalized spacial score (nSPS) is 14.3. The molecule has 1 aliphatic rings. The van der Waals surface area contributed by atoms with Crippen molar-refractivity contribution in [1.82, 2.24) is 34.7 Å². The summed E-state index contributed by atoms with van der Waals surface area (Å²) in [5.74, 6) is 7.65. The van der Waals surface area contributed by atoms with E-state index in [1.165, 1.54) is 11.1 Å². The highest BCUT2D eigenvalue weighted by atomic mass is 16.3. The van der Waals surface area contributed by atoms with E-state index in [-0.39, 0.29) is 6.04 Å². The van der Waals surface area contributed by atoms with Crippen molar-refractivity contribution in [2.45, 2.75) is 64.1 Å². The van der Waals surface area contributed by atoms with Crippen LogP contribution < -0.4 is 0 Å². The fourth-order valence-corrected chi connectivity index (χ4v) is 8.68. The van der Waals surface area contributed by atoms with E-state index in [0.29, 0.717) is 11.5 Å². The number of rotatable bonds is 9. The zero-order chi connectivity index (χ0) is 38.9. The van der Waals surface area contributed by atoms with E-state index in [0.717, 1.165) is 81.6 Å². The summed E-state index contributed by atoms with van der Waals surface area (Å²) < 4.78 is 4.35. The van der Waals surface area contributed by atoms with Gasteiger partial charge < -0.3 is 9.67 Å². The first-order valence-corrected chi connectivity index (χ1v) is 19.7. The lowest BCUT2D eigenvalue weighted by Crippen LogP contribution is -2.39. The van der Waals surface area contributed by atoms with Gasteiger partial charge in [-0.05, 0) is 100 Å². The van der Waals surface area contributed by atoms with Gasteiger partial charge in [0.2, 0.25) is 0 Å². The van der Waals surface area contributed by atoms with Gasteiger partial charge in [0.15, 0.2) is 11.5 Å². The molecule has 0 saturated carbocycles. The van der Waals surface area contributed by atoms with E-state index in [1.54, 1.807) is 6.92 Å². The molecule has 8 heteroatoms. The zero-order valence-electron chi connectivity index (χ0n) is 32.3. The number of aromatic nitrogens is 7. The number of imidazole rings is 1. The molecule has 1 N–H and O–H groups in total. The number of hydrogen-bond acceptors (Lipinski definition) is 6. The lowest BCUT2D eigenvalue weighted by atomic mass is 9.77. The van der Waals surface area contributed by atoms with E-state index < -0.39 is 11.6 Å². The van der Waals surface area contributed by atoms with Gasteiger partial charge in [-0.15, -0.1) is 5.10 Å². The fraction of sp³-hybridized carbons (Fsp3) is 0.204. The molecule has 1 aliphatic carbocycles. The maximum atomic E-state index is 9.84. The molecule has 0 saturated heterocycles. The topological polar surface area (TPSA) is 94.5 Å². The quantitative estimate of drug-likeness (QED) is 0.117. The molecule has 0 radical (unpaired) electrons. The van der Waals surface area contributed by atoms with E-state index in [1.807, 2.05) is 28.9 Å². The molecule has 0 bridgehead atoms. The molecule has 57 heavy (non-hydrogen) atoms. The van der Waals surface area contributed by atoms with Crippen molar-refractivity contribution < 1.29 is 5.11 Å². The molecule has 0 unspecified atom stereocenters. The number of tetrazole rings is 1. The predicted molar refractivity (Wildman–Crippen MR) is 225 cm³/mol. The minimum atomic E-state index is -0.862. The summed E-state index contributed by atoms with van der Waals surface area (Å²) >= 11 is 0. The molecule has 3 heterocycles. The van der Waals surface area contributed by atoms with Crippen LogP contribution in [0.25, 0.3) is 33.7 Å². The Morgan fingerprint density at radius 1 is 0.789 bits per heavy atom. The zero-order valence-corrected chi connectivity index (χ0v) is 32.3. The molecule has 0 fully saturated rings. The maximum Gasteiger partial charge on any atom is 0.184 e. The number of fused-ring (bicyclic) bond motifs is 2. The summed E-state index contributed by atoms with van der Waals surface area (Å²) in [5, 5.41) is 23.8. The van der Waals surface area contributed by atoms with Gasteiger partial charge in [-0.3, -0.25) is 0 Å². The third kappa shape index (κ3) is 6.30. The van der Waals surface area contributed by atoms with Crippen molar-refractivity contribution >= 4 is 11.2 Å². The van der Waals surface area contributed by atoms with Crippen LogP contribution in [-0.2, 0) is 18.4 Å². The van der Waals surface area contributed by atoms with Crippen LogP contribution in [0.1, 0.15) is 77.6 Å². The second-order valence-electron chi connectivity index (χ2n) is 14.8. The van der Waals surface area contributed by atoms with Crippen molar-refractivity contribution in [2.24, 2.45) is 0 Å². The van der Waals surface area contributed by atoms with Crippen LogP contribution in [-0.4, -0.2) is 46.0 Å². The van der Waals surface area contributed by atoms with Gasteiger partial charge in [-0.25, -0.2) is 14.6 Å².